The predicted molar refractivity (Wildman–Crippen MR) is 114 cm³/mol. The smallest absolute Gasteiger partial charge is 0.229 e. The second-order valence-corrected chi connectivity index (χ2v) is 9.80. The Morgan fingerprint density at radius 3 is 2.69 bits per heavy atom. The molecule has 4 rings (SSSR count). The summed E-state index contributed by atoms with van der Waals surface area (Å²) in [5.41, 5.74) is 1.59. The Kier molecular flexibility index (Phi) is 5.20. The van der Waals surface area contributed by atoms with Gasteiger partial charge in [-0.15, -0.1) is 0 Å². The van der Waals surface area contributed by atoms with Crippen LogP contribution in [-0.2, 0) is 15.1 Å². The largest absolute Gasteiger partial charge is 0.386 e. The van der Waals surface area contributed by atoms with Gasteiger partial charge in [-0.25, -0.2) is 4.98 Å². The van der Waals surface area contributed by atoms with E-state index in [2.05, 4.69) is 23.7 Å². The van der Waals surface area contributed by atoms with Gasteiger partial charge in [0.2, 0.25) is 11.9 Å². The number of aromatic nitrogens is 2. The van der Waals surface area contributed by atoms with Crippen LogP contribution in [0.15, 0.2) is 18.2 Å². The van der Waals surface area contributed by atoms with Crippen LogP contribution in [0.1, 0.15) is 84.2 Å². The fourth-order valence-corrected chi connectivity index (χ4v) is 4.43. The van der Waals surface area contributed by atoms with Crippen LogP contribution in [0.4, 0.5) is 5.95 Å². The number of hydrogen-bond acceptors (Lipinski definition) is 4. The normalized spacial score (nSPS) is 22.4. The Morgan fingerprint density at radius 1 is 1.31 bits per heavy atom. The fourth-order valence-electron chi connectivity index (χ4n) is 4.43. The summed E-state index contributed by atoms with van der Waals surface area (Å²) in [7, 11) is 0. The van der Waals surface area contributed by atoms with Crippen molar-refractivity contribution >= 4 is 22.9 Å². The zero-order chi connectivity index (χ0) is 20.8. The molecule has 2 heterocycles. The summed E-state index contributed by atoms with van der Waals surface area (Å²) in [6, 6.07) is 6.19. The van der Waals surface area contributed by atoms with Gasteiger partial charge in [0.1, 0.15) is 0 Å². The molecule has 0 radical (unpaired) electrons. The van der Waals surface area contributed by atoms with Gasteiger partial charge in [-0.05, 0) is 83.9 Å². The van der Waals surface area contributed by atoms with Gasteiger partial charge in [0.25, 0.3) is 0 Å². The van der Waals surface area contributed by atoms with Gasteiger partial charge in [-0.3, -0.25) is 10.1 Å². The Balaban J connectivity index is 1.58. The maximum Gasteiger partial charge on any atom is 0.229 e. The van der Waals surface area contributed by atoms with Crippen LogP contribution in [0.3, 0.4) is 0 Å². The number of anilines is 1. The van der Waals surface area contributed by atoms with Crippen molar-refractivity contribution in [3.63, 3.8) is 0 Å². The first-order valence-electron chi connectivity index (χ1n) is 10.8. The topological polar surface area (TPSA) is 76.4 Å². The average molecular weight is 400 g/mol. The summed E-state index contributed by atoms with van der Waals surface area (Å²) in [6.07, 6.45) is 6.71. The molecular weight excluding hydrogens is 366 g/mol. The number of nitrogens with one attached hydrogen (secondary N) is 1. The number of ether oxygens (including phenoxy) is 1. The number of fused-ring (bicyclic) bond motifs is 1. The van der Waals surface area contributed by atoms with Crippen LogP contribution >= 0.6 is 0 Å². The fraction of sp³-hybridized carbons (Fsp3) is 0.652. The number of amides is 1. The Bertz CT molecular complexity index is 906. The number of imidazole rings is 1. The molecule has 2 aromatic rings. The second-order valence-electron chi connectivity index (χ2n) is 9.80. The molecule has 1 aromatic heterocycles. The van der Waals surface area contributed by atoms with E-state index in [1.54, 1.807) is 13.8 Å². The Labute approximate surface area is 172 Å². The number of hydrogen-bond donors (Lipinski definition) is 2. The minimum Gasteiger partial charge on any atom is -0.386 e. The lowest BCUT2D eigenvalue weighted by atomic mass is 9.92. The van der Waals surface area contributed by atoms with E-state index in [9.17, 15) is 9.90 Å². The monoisotopic (exact) mass is 399 g/mol. The highest BCUT2D eigenvalue weighted by atomic mass is 16.5. The first-order chi connectivity index (χ1) is 13.6. The molecule has 1 aromatic carbocycles. The van der Waals surface area contributed by atoms with Gasteiger partial charge in [-0.1, -0.05) is 6.07 Å². The quantitative estimate of drug-likeness (QED) is 0.766. The highest BCUT2D eigenvalue weighted by Gasteiger charge is 2.31. The lowest BCUT2D eigenvalue weighted by molar-refractivity contribution is -0.131. The molecule has 1 aliphatic heterocycles. The predicted octanol–water partition coefficient (Wildman–Crippen LogP) is 4.67. The molecule has 0 unspecified atom stereocenters. The molecule has 1 saturated carbocycles. The first kappa shape index (κ1) is 20.4. The van der Waals surface area contributed by atoms with Gasteiger partial charge in [0, 0.05) is 6.04 Å². The minimum atomic E-state index is -0.919. The molecule has 158 valence electrons. The molecule has 1 amide bonds. The SMILES string of the molecule is CC1(C)CCC[C@@H](CC(=O)Nc2nc3ccc(C(C)(C)O)cc3n2C2CCC2)O1. The van der Waals surface area contributed by atoms with E-state index in [1.165, 1.54) is 6.42 Å². The molecule has 29 heavy (non-hydrogen) atoms. The standard InChI is InChI=1S/C23H33N3O3/c1-22(2)12-6-9-17(29-22)14-20(27)25-21-24-18-11-10-15(23(3,4)28)13-19(18)26(21)16-7-5-8-16/h10-11,13,16-17,28H,5-9,12,14H2,1-4H3,(H,24,25,27)/t17-/m0/s1. The highest BCUT2D eigenvalue weighted by Crippen LogP contribution is 2.38. The number of rotatable bonds is 5. The molecule has 2 N–H and O–H groups in total. The summed E-state index contributed by atoms with van der Waals surface area (Å²) in [5.74, 6) is 0.559. The molecule has 1 aliphatic carbocycles. The number of benzene rings is 1. The summed E-state index contributed by atoms with van der Waals surface area (Å²) in [5, 5.41) is 13.5. The van der Waals surface area contributed by atoms with E-state index in [0.717, 1.165) is 48.7 Å². The van der Waals surface area contributed by atoms with Crippen molar-refractivity contribution in [3.05, 3.63) is 23.8 Å². The van der Waals surface area contributed by atoms with Crippen molar-refractivity contribution in [2.24, 2.45) is 0 Å². The van der Waals surface area contributed by atoms with Gasteiger partial charge in [0.15, 0.2) is 0 Å². The number of aliphatic hydroxyl groups is 1. The van der Waals surface area contributed by atoms with Gasteiger partial charge < -0.3 is 14.4 Å². The third kappa shape index (κ3) is 4.33. The van der Waals surface area contributed by atoms with E-state index >= 15 is 0 Å². The maximum atomic E-state index is 12.8. The summed E-state index contributed by atoms with van der Waals surface area (Å²) >= 11 is 0. The van der Waals surface area contributed by atoms with Crippen LogP contribution in [-0.4, -0.2) is 32.3 Å². The van der Waals surface area contributed by atoms with E-state index in [-0.39, 0.29) is 17.6 Å². The van der Waals surface area contributed by atoms with Crippen molar-refractivity contribution < 1.29 is 14.6 Å². The van der Waals surface area contributed by atoms with Gasteiger partial charge in [-0.2, -0.15) is 0 Å². The van der Waals surface area contributed by atoms with Crippen molar-refractivity contribution in [3.8, 4) is 0 Å². The summed E-state index contributed by atoms with van der Waals surface area (Å²) in [4.78, 5) is 17.5. The van der Waals surface area contributed by atoms with Gasteiger partial charge >= 0.3 is 0 Å². The third-order valence-electron chi connectivity index (χ3n) is 6.29. The molecular formula is C23H33N3O3. The van der Waals surface area contributed by atoms with E-state index in [0.29, 0.717) is 18.4 Å². The second kappa shape index (κ2) is 7.40. The number of carbonyl (C=O) groups excluding carboxylic acids is 1. The van der Waals surface area contributed by atoms with E-state index in [1.807, 2.05) is 18.2 Å². The number of carbonyl (C=O) groups is 1. The zero-order valence-corrected chi connectivity index (χ0v) is 18.0. The van der Waals surface area contributed by atoms with Crippen molar-refractivity contribution in [2.75, 3.05) is 5.32 Å². The van der Waals surface area contributed by atoms with Gasteiger partial charge in [0.05, 0.1) is 34.8 Å². The Morgan fingerprint density at radius 2 is 2.07 bits per heavy atom. The van der Waals surface area contributed by atoms with Crippen molar-refractivity contribution in [2.45, 2.75) is 96.0 Å². The first-order valence-corrected chi connectivity index (χ1v) is 10.8. The maximum absolute atomic E-state index is 12.8. The molecule has 1 saturated heterocycles. The lowest BCUT2D eigenvalue weighted by Gasteiger charge is -2.35. The third-order valence-corrected chi connectivity index (χ3v) is 6.29. The molecule has 0 bridgehead atoms. The molecule has 1 atom stereocenters. The molecule has 6 nitrogen and oxygen atoms in total. The Hall–Kier alpha value is -1.92. The van der Waals surface area contributed by atoms with Crippen LogP contribution in [0.5, 0.6) is 0 Å². The average Bonchev–Trinajstić information content (AvgIpc) is 2.88. The van der Waals surface area contributed by atoms with Crippen molar-refractivity contribution in [1.82, 2.24) is 9.55 Å². The molecule has 2 aliphatic rings. The van der Waals surface area contributed by atoms with E-state index < -0.39 is 5.60 Å². The summed E-state index contributed by atoms with van der Waals surface area (Å²) in [6.45, 7) is 7.75. The summed E-state index contributed by atoms with van der Waals surface area (Å²) < 4.78 is 8.24. The van der Waals surface area contributed by atoms with Crippen LogP contribution in [0.2, 0.25) is 0 Å². The zero-order valence-electron chi connectivity index (χ0n) is 18.0. The minimum absolute atomic E-state index is 0.0397. The number of nitrogens with zero attached hydrogens (tertiary/aromatic N) is 2. The lowest BCUT2D eigenvalue weighted by Crippen LogP contribution is -2.37. The van der Waals surface area contributed by atoms with E-state index in [4.69, 9.17) is 9.72 Å². The van der Waals surface area contributed by atoms with Crippen LogP contribution in [0, 0.1) is 0 Å². The molecule has 6 heteroatoms. The van der Waals surface area contributed by atoms with Crippen LogP contribution < -0.4 is 5.32 Å². The van der Waals surface area contributed by atoms with Crippen molar-refractivity contribution in [1.29, 1.82) is 0 Å². The highest BCUT2D eigenvalue weighted by molar-refractivity contribution is 5.92. The molecule has 0 spiro atoms. The van der Waals surface area contributed by atoms with Crippen LogP contribution in [0.25, 0.3) is 11.0 Å². The molecule has 2 fully saturated rings.